The van der Waals surface area contributed by atoms with E-state index in [1.54, 1.807) is 30.3 Å². The van der Waals surface area contributed by atoms with Crippen LogP contribution in [0, 0.1) is 0 Å². The Morgan fingerprint density at radius 2 is 1.96 bits per heavy atom. The summed E-state index contributed by atoms with van der Waals surface area (Å²) in [6.07, 6.45) is -0.983. The van der Waals surface area contributed by atoms with Gasteiger partial charge in [0.2, 0.25) is 16.8 Å². The van der Waals surface area contributed by atoms with Crippen molar-refractivity contribution >= 4 is 10.0 Å². The van der Waals surface area contributed by atoms with Gasteiger partial charge < -0.3 is 19.3 Å². The van der Waals surface area contributed by atoms with Crippen molar-refractivity contribution in [1.82, 2.24) is 4.31 Å². The molecule has 0 bridgehead atoms. The maximum Gasteiger partial charge on any atom is 0.243 e. The minimum atomic E-state index is -3.77. The molecule has 0 fully saturated rings. The van der Waals surface area contributed by atoms with Crippen molar-refractivity contribution in [3.05, 3.63) is 48.0 Å². The van der Waals surface area contributed by atoms with Crippen LogP contribution in [-0.2, 0) is 10.0 Å². The summed E-state index contributed by atoms with van der Waals surface area (Å²) >= 11 is 0. The molecule has 0 aliphatic carbocycles. The van der Waals surface area contributed by atoms with Gasteiger partial charge in [-0.1, -0.05) is 12.1 Å². The second-order valence-electron chi connectivity index (χ2n) is 5.59. The van der Waals surface area contributed by atoms with Crippen LogP contribution in [0.4, 0.5) is 0 Å². The van der Waals surface area contributed by atoms with Crippen molar-refractivity contribution in [2.45, 2.75) is 11.0 Å². The monoisotopic (exact) mass is 365 g/mol. The van der Waals surface area contributed by atoms with Crippen LogP contribution in [0.25, 0.3) is 0 Å². The fraction of sp³-hybridized carbons (Fsp3) is 0.294. The highest BCUT2D eigenvalue weighted by atomic mass is 32.2. The zero-order valence-corrected chi connectivity index (χ0v) is 14.7. The van der Waals surface area contributed by atoms with Crippen molar-refractivity contribution in [2.24, 2.45) is 0 Å². The zero-order chi connectivity index (χ0) is 18.0. The first kappa shape index (κ1) is 17.5. The first-order valence-electron chi connectivity index (χ1n) is 7.60. The summed E-state index contributed by atoms with van der Waals surface area (Å²) in [7, 11) is -0.823. The number of fused-ring (bicyclic) bond motifs is 1. The van der Waals surface area contributed by atoms with Crippen molar-refractivity contribution in [3.8, 4) is 17.2 Å². The molecular formula is C17H19NO6S. The fourth-order valence-electron chi connectivity index (χ4n) is 2.51. The van der Waals surface area contributed by atoms with Gasteiger partial charge in [-0.05, 0) is 29.8 Å². The Kier molecular flexibility index (Phi) is 4.85. The molecular weight excluding hydrogens is 346 g/mol. The van der Waals surface area contributed by atoms with E-state index in [1.165, 1.54) is 26.3 Å². The molecule has 3 rings (SSSR count). The van der Waals surface area contributed by atoms with Gasteiger partial charge in [-0.25, -0.2) is 8.42 Å². The molecule has 1 aliphatic rings. The van der Waals surface area contributed by atoms with E-state index in [9.17, 15) is 13.5 Å². The predicted octanol–water partition coefficient (Wildman–Crippen LogP) is 1.78. The highest BCUT2D eigenvalue weighted by Crippen LogP contribution is 2.34. The fourth-order valence-corrected chi connectivity index (χ4v) is 3.71. The van der Waals surface area contributed by atoms with Crippen molar-refractivity contribution in [3.63, 3.8) is 0 Å². The molecule has 25 heavy (non-hydrogen) atoms. The Hall–Kier alpha value is -2.29. The average Bonchev–Trinajstić information content (AvgIpc) is 3.09. The molecule has 0 spiro atoms. The molecule has 8 heteroatoms. The van der Waals surface area contributed by atoms with Crippen LogP contribution in [0.1, 0.15) is 11.7 Å². The first-order valence-corrected chi connectivity index (χ1v) is 9.04. The maximum absolute atomic E-state index is 12.7. The van der Waals surface area contributed by atoms with Crippen molar-refractivity contribution in [2.75, 3.05) is 27.5 Å². The molecule has 0 aromatic heterocycles. The number of sulfonamides is 1. The summed E-state index contributed by atoms with van der Waals surface area (Å²) < 4.78 is 42.1. The van der Waals surface area contributed by atoms with Crippen LogP contribution in [0.15, 0.2) is 47.4 Å². The van der Waals surface area contributed by atoms with Crippen LogP contribution in [-0.4, -0.2) is 45.3 Å². The lowest BCUT2D eigenvalue weighted by atomic mass is 10.1. The van der Waals surface area contributed by atoms with Gasteiger partial charge in [-0.15, -0.1) is 0 Å². The minimum Gasteiger partial charge on any atom is -0.497 e. The van der Waals surface area contributed by atoms with E-state index in [2.05, 4.69) is 0 Å². The summed E-state index contributed by atoms with van der Waals surface area (Å²) in [6, 6.07) is 11.3. The molecule has 1 unspecified atom stereocenters. The summed E-state index contributed by atoms with van der Waals surface area (Å²) in [4.78, 5) is 0.0806. The molecule has 1 aliphatic heterocycles. The van der Waals surface area contributed by atoms with Crippen LogP contribution in [0.2, 0.25) is 0 Å². The number of aliphatic hydroxyl groups is 1. The molecule has 2 aromatic rings. The lowest BCUT2D eigenvalue weighted by Gasteiger charge is -2.21. The topological polar surface area (TPSA) is 85.3 Å². The van der Waals surface area contributed by atoms with E-state index >= 15 is 0 Å². The standard InChI is InChI=1S/C17H19NO6S/c1-18(10-15(19)12-4-3-5-13(8-12)22-2)25(20,21)14-6-7-16-17(9-14)24-11-23-16/h3-9,15,19H,10-11H2,1-2H3. The van der Waals surface area contributed by atoms with Gasteiger partial charge in [-0.3, -0.25) is 0 Å². The normalized spacial score (nSPS) is 14.6. The number of ether oxygens (including phenoxy) is 3. The third kappa shape index (κ3) is 3.55. The number of methoxy groups -OCH3 is 1. The van der Waals surface area contributed by atoms with E-state index in [0.29, 0.717) is 22.8 Å². The molecule has 1 N–H and O–H groups in total. The third-order valence-corrected chi connectivity index (χ3v) is 5.78. The number of likely N-dealkylation sites (N-methyl/N-ethyl adjacent to an activating group) is 1. The van der Waals surface area contributed by atoms with Gasteiger partial charge in [0.15, 0.2) is 11.5 Å². The number of hydrogen-bond donors (Lipinski definition) is 1. The lowest BCUT2D eigenvalue weighted by Crippen LogP contribution is -2.31. The molecule has 0 saturated carbocycles. The molecule has 1 heterocycles. The smallest absolute Gasteiger partial charge is 0.243 e. The molecule has 2 aromatic carbocycles. The van der Waals surface area contributed by atoms with Gasteiger partial charge in [-0.2, -0.15) is 4.31 Å². The van der Waals surface area contributed by atoms with E-state index in [-0.39, 0.29) is 18.2 Å². The minimum absolute atomic E-state index is 0.0726. The number of aliphatic hydroxyl groups excluding tert-OH is 1. The molecule has 0 amide bonds. The van der Waals surface area contributed by atoms with Gasteiger partial charge in [0.25, 0.3) is 0 Å². The summed E-state index contributed by atoms with van der Waals surface area (Å²) in [6.45, 7) is -0.0207. The summed E-state index contributed by atoms with van der Waals surface area (Å²) in [5.41, 5.74) is 0.576. The van der Waals surface area contributed by atoms with Gasteiger partial charge >= 0.3 is 0 Å². The Labute approximate surface area is 146 Å². The van der Waals surface area contributed by atoms with E-state index in [4.69, 9.17) is 14.2 Å². The van der Waals surface area contributed by atoms with Crippen LogP contribution >= 0.6 is 0 Å². The molecule has 0 radical (unpaired) electrons. The quantitative estimate of drug-likeness (QED) is 0.840. The Morgan fingerprint density at radius 3 is 2.72 bits per heavy atom. The van der Waals surface area contributed by atoms with E-state index in [0.717, 1.165) is 4.31 Å². The predicted molar refractivity (Wildman–Crippen MR) is 90.3 cm³/mol. The number of nitrogens with zero attached hydrogens (tertiary/aromatic N) is 1. The highest BCUT2D eigenvalue weighted by molar-refractivity contribution is 7.89. The summed E-state index contributed by atoms with van der Waals surface area (Å²) in [5, 5.41) is 10.4. The molecule has 7 nitrogen and oxygen atoms in total. The largest absolute Gasteiger partial charge is 0.497 e. The molecule has 0 saturated heterocycles. The zero-order valence-electron chi connectivity index (χ0n) is 13.9. The van der Waals surface area contributed by atoms with Crippen LogP contribution < -0.4 is 14.2 Å². The Bertz CT molecular complexity index is 867. The molecule has 134 valence electrons. The lowest BCUT2D eigenvalue weighted by molar-refractivity contribution is 0.154. The number of hydrogen-bond acceptors (Lipinski definition) is 6. The maximum atomic E-state index is 12.7. The first-order chi connectivity index (χ1) is 11.9. The Balaban J connectivity index is 1.78. The van der Waals surface area contributed by atoms with E-state index < -0.39 is 16.1 Å². The van der Waals surface area contributed by atoms with E-state index in [1.807, 2.05) is 0 Å². The van der Waals surface area contributed by atoms with Crippen LogP contribution in [0.5, 0.6) is 17.2 Å². The summed E-state index contributed by atoms with van der Waals surface area (Å²) in [5.74, 6) is 1.50. The second-order valence-corrected chi connectivity index (χ2v) is 7.64. The van der Waals surface area contributed by atoms with Gasteiger partial charge in [0.05, 0.1) is 18.1 Å². The third-order valence-electron chi connectivity index (χ3n) is 3.96. The molecule has 1 atom stereocenters. The number of rotatable bonds is 6. The van der Waals surface area contributed by atoms with Gasteiger partial charge in [0, 0.05) is 19.7 Å². The average molecular weight is 365 g/mol. The SMILES string of the molecule is COc1cccc(C(O)CN(C)S(=O)(=O)c2ccc3c(c2)OCO3)c1. The second kappa shape index (κ2) is 6.91. The number of benzene rings is 2. The van der Waals surface area contributed by atoms with Crippen molar-refractivity contribution in [1.29, 1.82) is 0 Å². The Morgan fingerprint density at radius 1 is 1.20 bits per heavy atom. The van der Waals surface area contributed by atoms with Gasteiger partial charge in [0.1, 0.15) is 5.75 Å². The van der Waals surface area contributed by atoms with Crippen molar-refractivity contribution < 1.29 is 27.7 Å². The highest BCUT2D eigenvalue weighted by Gasteiger charge is 2.26. The van der Waals surface area contributed by atoms with Crippen LogP contribution in [0.3, 0.4) is 0 Å².